The average Bonchev–Trinajstić information content (AvgIpc) is 3.30. The number of carbonyl (C=O) groups is 1. The van der Waals surface area contributed by atoms with Crippen LogP contribution in [0.25, 0.3) is 16.6 Å². The summed E-state index contributed by atoms with van der Waals surface area (Å²) in [4.78, 5) is 35.9. The second-order valence-corrected chi connectivity index (χ2v) is 9.37. The molecule has 3 N–H and O–H groups in total. The Morgan fingerprint density at radius 3 is 2.79 bits per heavy atom. The van der Waals surface area contributed by atoms with Gasteiger partial charge in [0.05, 0.1) is 17.2 Å². The molecule has 4 aromatic rings. The SMILES string of the molecule is Cc1cc2c(cc1C(=O)N1CCc3ccc(N)cc3C1)[nH]c(=O)c1cnc(C3CCOCC3)n12. The second-order valence-electron chi connectivity index (χ2n) is 9.37. The Morgan fingerprint density at radius 1 is 1.15 bits per heavy atom. The van der Waals surface area contributed by atoms with Gasteiger partial charge in [-0.15, -0.1) is 0 Å². The summed E-state index contributed by atoms with van der Waals surface area (Å²) in [5.74, 6) is 1.09. The van der Waals surface area contributed by atoms with Crippen molar-refractivity contribution in [2.45, 2.75) is 38.6 Å². The third-order valence-electron chi connectivity index (χ3n) is 7.20. The van der Waals surface area contributed by atoms with Gasteiger partial charge in [0.15, 0.2) is 0 Å². The van der Waals surface area contributed by atoms with Gasteiger partial charge in [0.2, 0.25) is 0 Å². The number of nitrogens with zero attached hydrogens (tertiary/aromatic N) is 3. The molecule has 2 aromatic heterocycles. The summed E-state index contributed by atoms with van der Waals surface area (Å²) < 4.78 is 7.48. The zero-order valence-electron chi connectivity index (χ0n) is 19.1. The number of aryl methyl sites for hydroxylation is 1. The lowest BCUT2D eigenvalue weighted by molar-refractivity contribution is 0.0734. The molecule has 0 saturated carbocycles. The van der Waals surface area contributed by atoms with E-state index in [0.29, 0.717) is 48.6 Å². The van der Waals surface area contributed by atoms with Crippen LogP contribution in [0.1, 0.15) is 51.6 Å². The van der Waals surface area contributed by atoms with E-state index >= 15 is 0 Å². The number of anilines is 1. The molecule has 8 heteroatoms. The normalized spacial score (nSPS) is 16.8. The predicted molar refractivity (Wildman–Crippen MR) is 130 cm³/mol. The summed E-state index contributed by atoms with van der Waals surface area (Å²) in [5.41, 5.74) is 12.3. The minimum atomic E-state index is -0.206. The van der Waals surface area contributed by atoms with Crippen molar-refractivity contribution in [3.05, 3.63) is 75.0 Å². The first-order valence-corrected chi connectivity index (χ1v) is 11.8. The molecular weight excluding hydrogens is 430 g/mol. The lowest BCUT2D eigenvalue weighted by Crippen LogP contribution is -2.36. The summed E-state index contributed by atoms with van der Waals surface area (Å²) in [6, 6.07) is 9.71. The van der Waals surface area contributed by atoms with Gasteiger partial charge in [-0.1, -0.05) is 6.07 Å². The first kappa shape index (κ1) is 20.9. The maximum atomic E-state index is 13.5. The molecule has 1 fully saturated rings. The minimum Gasteiger partial charge on any atom is -0.399 e. The summed E-state index contributed by atoms with van der Waals surface area (Å²) in [5, 5.41) is 0. The molecule has 2 aliphatic rings. The molecular formula is C26H27N5O3. The van der Waals surface area contributed by atoms with Crippen LogP contribution in [0, 0.1) is 6.92 Å². The highest BCUT2D eigenvalue weighted by molar-refractivity contribution is 5.99. The molecule has 0 radical (unpaired) electrons. The maximum Gasteiger partial charge on any atom is 0.274 e. The fourth-order valence-electron chi connectivity index (χ4n) is 5.34. The standard InChI is InChI=1S/C26H27N5O3/c1-15-10-22-21(29-25(32)23-13-28-24(31(22)23)17-5-8-34-9-6-17)12-20(15)26(33)30-7-4-16-2-3-19(27)11-18(16)14-30/h2-3,10-13,17H,4-9,14,27H2,1H3,(H,29,32). The van der Waals surface area contributed by atoms with Crippen molar-refractivity contribution in [2.75, 3.05) is 25.5 Å². The minimum absolute atomic E-state index is 0.0382. The number of hydrogen-bond donors (Lipinski definition) is 2. The molecule has 0 bridgehead atoms. The van der Waals surface area contributed by atoms with Crippen molar-refractivity contribution in [2.24, 2.45) is 0 Å². The molecule has 2 aliphatic heterocycles. The van der Waals surface area contributed by atoms with Gasteiger partial charge < -0.3 is 20.4 Å². The van der Waals surface area contributed by atoms with Crippen LogP contribution in [0.2, 0.25) is 0 Å². The monoisotopic (exact) mass is 457 g/mol. The molecule has 8 nitrogen and oxygen atoms in total. The van der Waals surface area contributed by atoms with Crippen molar-refractivity contribution in [3.63, 3.8) is 0 Å². The molecule has 1 saturated heterocycles. The molecule has 174 valence electrons. The van der Waals surface area contributed by atoms with E-state index in [9.17, 15) is 9.59 Å². The van der Waals surface area contributed by atoms with Gasteiger partial charge in [-0.3, -0.25) is 14.0 Å². The molecule has 0 aliphatic carbocycles. The second kappa shape index (κ2) is 7.99. The highest BCUT2D eigenvalue weighted by Crippen LogP contribution is 2.29. The largest absolute Gasteiger partial charge is 0.399 e. The van der Waals surface area contributed by atoms with E-state index < -0.39 is 0 Å². The molecule has 0 atom stereocenters. The van der Waals surface area contributed by atoms with E-state index in [4.69, 9.17) is 10.5 Å². The Hall–Kier alpha value is -3.65. The number of benzene rings is 2. The highest BCUT2D eigenvalue weighted by atomic mass is 16.5. The third-order valence-corrected chi connectivity index (χ3v) is 7.20. The van der Waals surface area contributed by atoms with E-state index in [1.165, 1.54) is 5.56 Å². The topological polar surface area (TPSA) is 106 Å². The molecule has 2 aromatic carbocycles. The van der Waals surface area contributed by atoms with Crippen molar-refractivity contribution in [3.8, 4) is 0 Å². The number of imidazole rings is 1. The smallest absolute Gasteiger partial charge is 0.274 e. The van der Waals surface area contributed by atoms with Crippen LogP contribution >= 0.6 is 0 Å². The van der Waals surface area contributed by atoms with Crippen LogP contribution in [0.15, 0.2) is 41.3 Å². The predicted octanol–water partition coefficient (Wildman–Crippen LogP) is 3.16. The van der Waals surface area contributed by atoms with Gasteiger partial charge in [0.25, 0.3) is 11.5 Å². The number of nitrogens with two attached hydrogens (primary N) is 1. The molecule has 6 rings (SSSR count). The quantitative estimate of drug-likeness (QED) is 0.450. The number of nitrogen functional groups attached to an aromatic ring is 1. The Labute approximate surface area is 196 Å². The van der Waals surface area contributed by atoms with Gasteiger partial charge in [-0.25, -0.2) is 4.98 Å². The van der Waals surface area contributed by atoms with Crippen molar-refractivity contribution in [1.82, 2.24) is 19.3 Å². The number of H-pyrrole nitrogens is 1. The van der Waals surface area contributed by atoms with Crippen LogP contribution in [-0.4, -0.2) is 44.9 Å². The summed E-state index contributed by atoms with van der Waals surface area (Å²) in [6.07, 6.45) is 4.21. The lowest BCUT2D eigenvalue weighted by Gasteiger charge is -2.29. The number of aromatic amines is 1. The van der Waals surface area contributed by atoms with E-state index in [-0.39, 0.29) is 17.4 Å². The molecule has 0 spiro atoms. The number of amides is 1. The number of nitrogens with one attached hydrogen (secondary N) is 1. The van der Waals surface area contributed by atoms with Crippen LogP contribution in [0.3, 0.4) is 0 Å². The number of rotatable bonds is 2. The zero-order valence-corrected chi connectivity index (χ0v) is 19.1. The number of ether oxygens (including phenoxy) is 1. The van der Waals surface area contributed by atoms with Crippen molar-refractivity contribution >= 4 is 28.1 Å². The van der Waals surface area contributed by atoms with Crippen LogP contribution < -0.4 is 11.3 Å². The molecule has 34 heavy (non-hydrogen) atoms. The van der Waals surface area contributed by atoms with E-state index in [1.54, 1.807) is 6.20 Å². The average molecular weight is 458 g/mol. The van der Waals surface area contributed by atoms with Crippen molar-refractivity contribution < 1.29 is 9.53 Å². The number of fused-ring (bicyclic) bond motifs is 4. The Balaban J connectivity index is 1.42. The van der Waals surface area contributed by atoms with Crippen LogP contribution in [0.5, 0.6) is 0 Å². The molecule has 1 amide bonds. The van der Waals surface area contributed by atoms with E-state index in [0.717, 1.165) is 41.7 Å². The fraction of sp³-hybridized carbons (Fsp3) is 0.346. The van der Waals surface area contributed by atoms with Crippen molar-refractivity contribution in [1.29, 1.82) is 0 Å². The Kier molecular flexibility index (Phi) is 4.91. The highest BCUT2D eigenvalue weighted by Gasteiger charge is 2.26. The van der Waals surface area contributed by atoms with E-state index in [1.807, 2.05) is 46.6 Å². The maximum absolute atomic E-state index is 13.5. The van der Waals surface area contributed by atoms with Gasteiger partial charge in [0, 0.05) is 43.5 Å². The number of carbonyl (C=O) groups excluding carboxylic acids is 1. The van der Waals surface area contributed by atoms with Gasteiger partial charge in [-0.2, -0.15) is 0 Å². The molecule has 0 unspecified atom stereocenters. The van der Waals surface area contributed by atoms with Gasteiger partial charge in [-0.05, 0) is 67.1 Å². The fourth-order valence-corrected chi connectivity index (χ4v) is 5.34. The van der Waals surface area contributed by atoms with Crippen LogP contribution in [-0.2, 0) is 17.7 Å². The van der Waals surface area contributed by atoms with E-state index in [2.05, 4.69) is 9.97 Å². The summed E-state index contributed by atoms with van der Waals surface area (Å²) >= 11 is 0. The first-order valence-electron chi connectivity index (χ1n) is 11.8. The number of aromatic nitrogens is 3. The lowest BCUT2D eigenvalue weighted by atomic mass is 9.97. The Morgan fingerprint density at radius 2 is 1.97 bits per heavy atom. The number of hydrogen-bond acceptors (Lipinski definition) is 5. The Bertz CT molecular complexity index is 1500. The molecule has 4 heterocycles. The first-order chi connectivity index (χ1) is 16.5. The summed E-state index contributed by atoms with van der Waals surface area (Å²) in [6.45, 7) is 4.52. The van der Waals surface area contributed by atoms with Crippen LogP contribution in [0.4, 0.5) is 5.69 Å². The van der Waals surface area contributed by atoms with Gasteiger partial charge in [0.1, 0.15) is 11.3 Å². The summed E-state index contributed by atoms with van der Waals surface area (Å²) in [7, 11) is 0. The van der Waals surface area contributed by atoms with Gasteiger partial charge >= 0.3 is 0 Å². The third kappa shape index (κ3) is 3.37. The zero-order chi connectivity index (χ0) is 23.4.